The van der Waals surface area contributed by atoms with E-state index in [4.69, 9.17) is 32.7 Å². The Labute approximate surface area is 143 Å². The summed E-state index contributed by atoms with van der Waals surface area (Å²) in [7, 11) is 1.46. The molecule has 0 heterocycles. The van der Waals surface area contributed by atoms with Crippen LogP contribution in [0.4, 0.5) is 5.69 Å². The molecule has 0 saturated carbocycles. The highest BCUT2D eigenvalue weighted by Crippen LogP contribution is 2.37. The van der Waals surface area contributed by atoms with E-state index in [0.717, 1.165) is 0 Å². The summed E-state index contributed by atoms with van der Waals surface area (Å²) in [6, 6.07) is 7.33. The van der Waals surface area contributed by atoms with E-state index in [-0.39, 0.29) is 22.0 Å². The molecule has 0 unspecified atom stereocenters. The molecule has 122 valence electrons. The summed E-state index contributed by atoms with van der Waals surface area (Å²) in [5.74, 6) is 0.163. The van der Waals surface area contributed by atoms with Crippen LogP contribution >= 0.6 is 23.2 Å². The molecule has 0 atom stereocenters. The van der Waals surface area contributed by atoms with Crippen LogP contribution in [-0.2, 0) is 0 Å². The van der Waals surface area contributed by atoms with Gasteiger partial charge >= 0.3 is 0 Å². The number of ether oxygens (including phenoxy) is 2. The number of phenols is 1. The van der Waals surface area contributed by atoms with Crippen molar-refractivity contribution >= 4 is 34.8 Å². The zero-order valence-electron chi connectivity index (χ0n) is 12.5. The molecule has 2 rings (SSSR count). The molecule has 7 heteroatoms. The standard InChI is InChI=1S/C16H15Cl2NO4/c1-3-23-15-11(18)6-9(7-14(15)22-2)16(21)19-12-8-10(17)4-5-13(12)20/h4-8,20H,3H2,1-2H3,(H,19,21). The van der Waals surface area contributed by atoms with Crippen molar-refractivity contribution in [3.8, 4) is 17.2 Å². The lowest BCUT2D eigenvalue weighted by molar-refractivity contribution is 0.102. The van der Waals surface area contributed by atoms with Crippen LogP contribution in [0.1, 0.15) is 17.3 Å². The van der Waals surface area contributed by atoms with Crippen LogP contribution in [0.2, 0.25) is 10.0 Å². The van der Waals surface area contributed by atoms with Crippen molar-refractivity contribution in [2.75, 3.05) is 19.0 Å². The maximum atomic E-state index is 12.3. The lowest BCUT2D eigenvalue weighted by Gasteiger charge is -2.13. The minimum absolute atomic E-state index is 0.0910. The monoisotopic (exact) mass is 355 g/mol. The van der Waals surface area contributed by atoms with Crippen molar-refractivity contribution in [2.45, 2.75) is 6.92 Å². The second-order valence-corrected chi connectivity index (χ2v) is 5.38. The molecule has 2 aromatic carbocycles. The second-order valence-electron chi connectivity index (χ2n) is 4.54. The Kier molecular flexibility index (Phi) is 5.58. The quantitative estimate of drug-likeness (QED) is 0.782. The van der Waals surface area contributed by atoms with Crippen LogP contribution in [0.25, 0.3) is 0 Å². The van der Waals surface area contributed by atoms with Gasteiger partial charge in [0.25, 0.3) is 5.91 Å². The van der Waals surface area contributed by atoms with Gasteiger partial charge in [-0.1, -0.05) is 23.2 Å². The number of carbonyl (C=O) groups is 1. The second kappa shape index (κ2) is 7.44. The fraction of sp³-hybridized carbons (Fsp3) is 0.188. The molecule has 0 radical (unpaired) electrons. The van der Waals surface area contributed by atoms with Crippen LogP contribution in [0.15, 0.2) is 30.3 Å². The normalized spacial score (nSPS) is 10.3. The van der Waals surface area contributed by atoms with Crippen molar-refractivity contribution in [1.29, 1.82) is 0 Å². The average Bonchev–Trinajstić information content (AvgIpc) is 2.52. The lowest BCUT2D eigenvalue weighted by Crippen LogP contribution is -2.12. The Morgan fingerprint density at radius 2 is 2.00 bits per heavy atom. The van der Waals surface area contributed by atoms with Gasteiger partial charge in [0.05, 0.1) is 24.4 Å². The third-order valence-electron chi connectivity index (χ3n) is 2.99. The molecule has 2 aromatic rings. The SMILES string of the molecule is CCOc1c(Cl)cc(C(=O)Nc2cc(Cl)ccc2O)cc1OC. The fourth-order valence-corrected chi connectivity index (χ4v) is 2.38. The number of aromatic hydroxyl groups is 1. The Bertz CT molecular complexity index is 734. The zero-order valence-corrected chi connectivity index (χ0v) is 14.0. The average molecular weight is 356 g/mol. The third-order valence-corrected chi connectivity index (χ3v) is 3.50. The van der Waals surface area contributed by atoms with Crippen LogP contribution < -0.4 is 14.8 Å². The molecule has 2 N–H and O–H groups in total. The number of amides is 1. The molecule has 1 amide bonds. The number of anilines is 1. The highest BCUT2D eigenvalue weighted by molar-refractivity contribution is 6.33. The first-order valence-electron chi connectivity index (χ1n) is 6.76. The Balaban J connectivity index is 2.32. The molecular formula is C16H15Cl2NO4. The lowest BCUT2D eigenvalue weighted by atomic mass is 10.1. The van der Waals surface area contributed by atoms with E-state index in [1.54, 1.807) is 0 Å². The largest absolute Gasteiger partial charge is 0.506 e. The van der Waals surface area contributed by atoms with Gasteiger partial charge in [-0.15, -0.1) is 0 Å². The Morgan fingerprint density at radius 1 is 1.26 bits per heavy atom. The summed E-state index contributed by atoms with van der Waals surface area (Å²) < 4.78 is 10.6. The molecule has 0 spiro atoms. The van der Waals surface area contributed by atoms with Gasteiger partial charge < -0.3 is 19.9 Å². The van der Waals surface area contributed by atoms with Crippen LogP contribution in [0.3, 0.4) is 0 Å². The van der Waals surface area contributed by atoms with Gasteiger partial charge in [-0.3, -0.25) is 4.79 Å². The van der Waals surface area contributed by atoms with Crippen molar-refractivity contribution < 1.29 is 19.4 Å². The summed E-state index contributed by atoms with van der Waals surface area (Å²) in [4.78, 5) is 12.3. The van der Waals surface area contributed by atoms with Crippen molar-refractivity contribution in [2.24, 2.45) is 0 Å². The first kappa shape index (κ1) is 17.2. The molecule has 0 aromatic heterocycles. The molecule has 0 aliphatic carbocycles. The number of methoxy groups -OCH3 is 1. The van der Waals surface area contributed by atoms with Crippen molar-refractivity contribution in [3.63, 3.8) is 0 Å². The summed E-state index contributed by atoms with van der Waals surface area (Å²) in [6.07, 6.45) is 0. The molecule has 0 aliphatic rings. The van der Waals surface area contributed by atoms with Gasteiger partial charge in [-0.25, -0.2) is 0 Å². The van der Waals surface area contributed by atoms with Crippen LogP contribution in [0.5, 0.6) is 17.2 Å². The van der Waals surface area contributed by atoms with E-state index < -0.39 is 5.91 Å². The highest BCUT2D eigenvalue weighted by atomic mass is 35.5. The van der Waals surface area contributed by atoms with E-state index in [1.165, 1.54) is 37.4 Å². The summed E-state index contributed by atoms with van der Waals surface area (Å²) in [5, 5.41) is 13.0. The van der Waals surface area contributed by atoms with E-state index in [0.29, 0.717) is 23.1 Å². The zero-order chi connectivity index (χ0) is 17.0. The van der Waals surface area contributed by atoms with Gasteiger partial charge in [-0.2, -0.15) is 0 Å². The summed E-state index contributed by atoms with van der Waals surface area (Å²) >= 11 is 12.0. The third kappa shape index (κ3) is 4.00. The number of hydrogen-bond donors (Lipinski definition) is 2. The molecule has 0 saturated heterocycles. The van der Waals surface area contributed by atoms with E-state index in [1.807, 2.05) is 6.92 Å². The van der Waals surface area contributed by atoms with Crippen molar-refractivity contribution in [1.82, 2.24) is 0 Å². The van der Waals surface area contributed by atoms with Crippen LogP contribution in [0, 0.1) is 0 Å². The van der Waals surface area contributed by atoms with E-state index in [9.17, 15) is 9.90 Å². The first-order chi connectivity index (χ1) is 11.0. The molecule has 23 heavy (non-hydrogen) atoms. The molecule has 0 fully saturated rings. The molecule has 0 aliphatic heterocycles. The Hall–Kier alpha value is -2.11. The number of phenolic OH excluding ortho intramolecular Hbond substituents is 1. The van der Waals surface area contributed by atoms with Gasteiger partial charge in [0, 0.05) is 10.6 Å². The number of hydrogen-bond acceptors (Lipinski definition) is 4. The highest BCUT2D eigenvalue weighted by Gasteiger charge is 2.16. The summed E-state index contributed by atoms with van der Waals surface area (Å²) in [5.41, 5.74) is 0.459. The molecule has 0 bridgehead atoms. The van der Waals surface area contributed by atoms with Gasteiger partial charge in [0.1, 0.15) is 5.75 Å². The van der Waals surface area contributed by atoms with E-state index >= 15 is 0 Å². The summed E-state index contributed by atoms with van der Waals surface area (Å²) in [6.45, 7) is 2.23. The van der Waals surface area contributed by atoms with Gasteiger partial charge in [-0.05, 0) is 37.3 Å². The smallest absolute Gasteiger partial charge is 0.255 e. The van der Waals surface area contributed by atoms with Gasteiger partial charge in [0.15, 0.2) is 11.5 Å². The minimum atomic E-state index is -0.467. The predicted octanol–water partition coefficient (Wildman–Crippen LogP) is 4.36. The predicted molar refractivity (Wildman–Crippen MR) is 90.2 cm³/mol. The number of halogens is 2. The molecular weight excluding hydrogens is 341 g/mol. The van der Waals surface area contributed by atoms with Crippen molar-refractivity contribution in [3.05, 3.63) is 45.9 Å². The number of rotatable bonds is 5. The van der Waals surface area contributed by atoms with E-state index in [2.05, 4.69) is 5.32 Å². The number of benzene rings is 2. The minimum Gasteiger partial charge on any atom is -0.506 e. The number of nitrogens with one attached hydrogen (secondary N) is 1. The van der Waals surface area contributed by atoms with Crippen LogP contribution in [-0.4, -0.2) is 24.7 Å². The fourth-order valence-electron chi connectivity index (χ4n) is 1.94. The Morgan fingerprint density at radius 3 is 2.65 bits per heavy atom. The maximum Gasteiger partial charge on any atom is 0.255 e. The number of carbonyl (C=O) groups excluding carboxylic acids is 1. The molecule has 5 nitrogen and oxygen atoms in total. The first-order valence-corrected chi connectivity index (χ1v) is 7.52. The maximum absolute atomic E-state index is 12.3. The topological polar surface area (TPSA) is 67.8 Å². The van der Waals surface area contributed by atoms with Gasteiger partial charge in [0.2, 0.25) is 0 Å².